The van der Waals surface area contributed by atoms with Gasteiger partial charge in [-0.1, -0.05) is 0 Å². The van der Waals surface area contributed by atoms with Crippen LogP contribution in [0.5, 0.6) is 0 Å². The predicted molar refractivity (Wildman–Crippen MR) is 29.7 cm³/mol. The minimum absolute atomic E-state index is 0.319. The van der Waals surface area contributed by atoms with Crippen LogP contribution in [0.4, 0.5) is 0 Å². The Morgan fingerprint density at radius 3 is 2.57 bits per heavy atom. The average Bonchev–Trinajstić information content (AvgIpc) is 2.22. The van der Waals surface area contributed by atoms with E-state index >= 15 is 0 Å². The van der Waals surface area contributed by atoms with Crippen molar-refractivity contribution in [1.29, 1.82) is 0 Å². The Bertz CT molecular complexity index is 65.1. The van der Waals surface area contributed by atoms with Gasteiger partial charge in [0.05, 0.1) is 11.5 Å². The van der Waals surface area contributed by atoms with Crippen LogP contribution in [0.3, 0.4) is 0 Å². The van der Waals surface area contributed by atoms with Crippen molar-refractivity contribution in [2.24, 2.45) is 0 Å². The standard InChI is InChI=1S/C5H9ClO/c1-2-7-5-3-4(5)6/h4-5H,2-3H2,1H3/t4-,5-/m0/s1. The fraction of sp³-hybridized carbons (Fsp3) is 1.00. The molecule has 42 valence electrons. The van der Waals surface area contributed by atoms with Gasteiger partial charge in [-0.3, -0.25) is 0 Å². The summed E-state index contributed by atoms with van der Waals surface area (Å²) in [6, 6.07) is 0. The van der Waals surface area contributed by atoms with Gasteiger partial charge in [-0.2, -0.15) is 0 Å². The molecule has 7 heavy (non-hydrogen) atoms. The highest BCUT2D eigenvalue weighted by molar-refractivity contribution is 6.23. The Labute approximate surface area is 48.6 Å². The van der Waals surface area contributed by atoms with Crippen LogP contribution in [0.2, 0.25) is 0 Å². The molecular weight excluding hydrogens is 112 g/mol. The summed E-state index contributed by atoms with van der Waals surface area (Å²) in [6.45, 7) is 2.79. The molecule has 2 heteroatoms. The first-order valence-corrected chi connectivity index (χ1v) is 3.04. The topological polar surface area (TPSA) is 9.23 Å². The first-order chi connectivity index (χ1) is 3.34. The summed E-state index contributed by atoms with van der Waals surface area (Å²) in [5, 5.41) is 0.319. The third-order valence-corrected chi connectivity index (χ3v) is 1.50. The Morgan fingerprint density at radius 2 is 2.43 bits per heavy atom. The quantitative estimate of drug-likeness (QED) is 0.501. The molecule has 1 aliphatic rings. The first kappa shape index (κ1) is 5.39. The molecule has 0 amide bonds. The molecular formula is C5H9ClO. The minimum Gasteiger partial charge on any atom is -0.377 e. The molecule has 0 saturated heterocycles. The zero-order chi connectivity index (χ0) is 5.28. The lowest BCUT2D eigenvalue weighted by molar-refractivity contribution is 0.133. The highest BCUT2D eigenvalue weighted by Crippen LogP contribution is 2.30. The monoisotopic (exact) mass is 120 g/mol. The molecule has 0 radical (unpaired) electrons. The van der Waals surface area contributed by atoms with Gasteiger partial charge < -0.3 is 4.74 Å². The zero-order valence-electron chi connectivity index (χ0n) is 4.36. The largest absolute Gasteiger partial charge is 0.377 e. The fourth-order valence-electron chi connectivity index (χ4n) is 0.530. The Morgan fingerprint density at radius 1 is 1.86 bits per heavy atom. The lowest BCUT2D eigenvalue weighted by atomic mass is 10.8. The molecule has 1 aliphatic carbocycles. The van der Waals surface area contributed by atoms with Crippen molar-refractivity contribution in [2.45, 2.75) is 24.8 Å². The van der Waals surface area contributed by atoms with Gasteiger partial charge >= 0.3 is 0 Å². The van der Waals surface area contributed by atoms with E-state index in [0.717, 1.165) is 13.0 Å². The predicted octanol–water partition coefficient (Wildman–Crippen LogP) is 1.40. The molecule has 0 aromatic rings. The summed E-state index contributed by atoms with van der Waals surface area (Å²) in [4.78, 5) is 0. The Hall–Kier alpha value is 0.250. The van der Waals surface area contributed by atoms with Crippen LogP contribution in [-0.4, -0.2) is 18.1 Å². The van der Waals surface area contributed by atoms with E-state index in [0.29, 0.717) is 11.5 Å². The number of alkyl halides is 1. The second-order valence-corrected chi connectivity index (χ2v) is 2.31. The maximum Gasteiger partial charge on any atom is 0.0754 e. The molecule has 1 saturated carbocycles. The van der Waals surface area contributed by atoms with Gasteiger partial charge in [0, 0.05) is 6.61 Å². The molecule has 1 rings (SSSR count). The van der Waals surface area contributed by atoms with E-state index in [1.165, 1.54) is 0 Å². The molecule has 0 N–H and O–H groups in total. The smallest absolute Gasteiger partial charge is 0.0754 e. The number of hydrogen-bond donors (Lipinski definition) is 0. The van der Waals surface area contributed by atoms with Gasteiger partial charge in [-0.05, 0) is 13.3 Å². The van der Waals surface area contributed by atoms with Crippen molar-refractivity contribution < 1.29 is 4.74 Å². The molecule has 0 aliphatic heterocycles. The molecule has 2 atom stereocenters. The van der Waals surface area contributed by atoms with Crippen molar-refractivity contribution in [2.75, 3.05) is 6.61 Å². The van der Waals surface area contributed by atoms with Gasteiger partial charge in [0.25, 0.3) is 0 Å². The van der Waals surface area contributed by atoms with E-state index in [-0.39, 0.29) is 0 Å². The molecule has 0 heterocycles. The second kappa shape index (κ2) is 2.01. The lowest BCUT2D eigenvalue weighted by Crippen LogP contribution is -1.93. The fourth-order valence-corrected chi connectivity index (χ4v) is 0.778. The molecule has 0 aromatic carbocycles. The summed E-state index contributed by atoms with van der Waals surface area (Å²) in [7, 11) is 0. The van der Waals surface area contributed by atoms with Crippen molar-refractivity contribution in [3.05, 3.63) is 0 Å². The Kier molecular flexibility index (Phi) is 1.55. The molecule has 1 nitrogen and oxygen atoms in total. The average molecular weight is 121 g/mol. The highest BCUT2D eigenvalue weighted by Gasteiger charge is 2.35. The maximum atomic E-state index is 5.61. The highest BCUT2D eigenvalue weighted by atomic mass is 35.5. The number of ether oxygens (including phenoxy) is 1. The van der Waals surface area contributed by atoms with E-state index in [1.54, 1.807) is 0 Å². The molecule has 0 aromatic heterocycles. The molecule has 1 fully saturated rings. The molecule has 0 spiro atoms. The minimum atomic E-state index is 0.319. The summed E-state index contributed by atoms with van der Waals surface area (Å²) in [6.07, 6.45) is 1.43. The van der Waals surface area contributed by atoms with Gasteiger partial charge in [0.2, 0.25) is 0 Å². The van der Waals surface area contributed by atoms with E-state index in [4.69, 9.17) is 16.3 Å². The molecule has 0 unspecified atom stereocenters. The third-order valence-electron chi connectivity index (χ3n) is 1.04. The van der Waals surface area contributed by atoms with Crippen LogP contribution in [0.1, 0.15) is 13.3 Å². The van der Waals surface area contributed by atoms with E-state index in [1.807, 2.05) is 6.92 Å². The zero-order valence-corrected chi connectivity index (χ0v) is 5.11. The maximum absolute atomic E-state index is 5.61. The first-order valence-electron chi connectivity index (χ1n) is 2.60. The SMILES string of the molecule is CCO[C@H]1C[C@@H]1Cl. The van der Waals surface area contributed by atoms with Crippen LogP contribution in [0, 0.1) is 0 Å². The number of rotatable bonds is 2. The van der Waals surface area contributed by atoms with Crippen LogP contribution in [-0.2, 0) is 4.74 Å². The lowest BCUT2D eigenvalue weighted by Gasteiger charge is -1.91. The van der Waals surface area contributed by atoms with E-state index < -0.39 is 0 Å². The number of hydrogen-bond acceptors (Lipinski definition) is 1. The van der Waals surface area contributed by atoms with Crippen molar-refractivity contribution >= 4 is 11.6 Å². The third kappa shape index (κ3) is 1.32. The van der Waals surface area contributed by atoms with Gasteiger partial charge in [0.15, 0.2) is 0 Å². The summed E-state index contributed by atoms with van der Waals surface area (Å²) >= 11 is 5.61. The van der Waals surface area contributed by atoms with E-state index in [2.05, 4.69) is 0 Å². The van der Waals surface area contributed by atoms with Gasteiger partial charge in [-0.25, -0.2) is 0 Å². The van der Waals surface area contributed by atoms with Crippen molar-refractivity contribution in [1.82, 2.24) is 0 Å². The second-order valence-electron chi connectivity index (χ2n) is 1.75. The summed E-state index contributed by atoms with van der Waals surface area (Å²) < 4.78 is 5.13. The van der Waals surface area contributed by atoms with E-state index in [9.17, 15) is 0 Å². The van der Waals surface area contributed by atoms with Crippen LogP contribution >= 0.6 is 11.6 Å². The molecule has 0 bridgehead atoms. The number of halogens is 1. The van der Waals surface area contributed by atoms with Crippen molar-refractivity contribution in [3.63, 3.8) is 0 Å². The van der Waals surface area contributed by atoms with Crippen LogP contribution in [0.25, 0.3) is 0 Å². The Balaban J connectivity index is 1.98. The van der Waals surface area contributed by atoms with Gasteiger partial charge in [0.1, 0.15) is 0 Å². The van der Waals surface area contributed by atoms with Crippen LogP contribution in [0.15, 0.2) is 0 Å². The summed E-state index contributed by atoms with van der Waals surface area (Å²) in [5.41, 5.74) is 0. The normalized spacial score (nSPS) is 38.6. The van der Waals surface area contributed by atoms with Crippen molar-refractivity contribution in [3.8, 4) is 0 Å². The van der Waals surface area contributed by atoms with Gasteiger partial charge in [-0.15, -0.1) is 11.6 Å². The summed E-state index contributed by atoms with van der Waals surface area (Å²) in [5.74, 6) is 0. The van der Waals surface area contributed by atoms with Crippen LogP contribution < -0.4 is 0 Å².